The fraction of sp³-hybridized carbons (Fsp3) is 0.636. The Hall–Kier alpha value is -1.13. The third-order valence-corrected chi connectivity index (χ3v) is 3.97. The predicted octanol–water partition coefficient (Wildman–Crippen LogP) is -2.20. The lowest BCUT2D eigenvalue weighted by molar-refractivity contribution is -0.136. The summed E-state index contributed by atoms with van der Waals surface area (Å²) in [7, 11) is -4.76. The molecule has 1 saturated heterocycles. The third kappa shape index (κ3) is 3.61. The number of amides is 2. The Morgan fingerprint density at radius 2 is 1.95 bits per heavy atom. The highest BCUT2D eigenvalue weighted by Crippen LogP contribution is 2.38. The van der Waals surface area contributed by atoms with Crippen molar-refractivity contribution in [2.45, 2.75) is 31.3 Å². The normalized spacial score (nSPS) is 36.2. The van der Waals surface area contributed by atoms with Gasteiger partial charge in [-0.25, -0.2) is 4.57 Å². The molecule has 2 aliphatic rings. The molecular formula is C11H16NO9P. The second kappa shape index (κ2) is 6.17. The van der Waals surface area contributed by atoms with Crippen molar-refractivity contribution in [3.63, 3.8) is 0 Å². The summed E-state index contributed by atoms with van der Waals surface area (Å²) in [5, 5.41) is 21.9. The topological polar surface area (TPSA) is 163 Å². The van der Waals surface area contributed by atoms with Gasteiger partial charge in [-0.15, -0.1) is 0 Å². The first-order chi connectivity index (χ1) is 10.1. The van der Waals surface area contributed by atoms with Gasteiger partial charge in [0.05, 0.1) is 12.5 Å². The van der Waals surface area contributed by atoms with Crippen molar-refractivity contribution >= 4 is 19.6 Å². The van der Waals surface area contributed by atoms with E-state index in [1.165, 1.54) is 13.0 Å². The van der Waals surface area contributed by atoms with Gasteiger partial charge < -0.3 is 24.7 Å². The molecule has 2 amide bonds. The highest BCUT2D eigenvalue weighted by Gasteiger charge is 2.49. The van der Waals surface area contributed by atoms with Crippen molar-refractivity contribution in [1.82, 2.24) is 5.32 Å². The summed E-state index contributed by atoms with van der Waals surface area (Å²) >= 11 is 0. The lowest BCUT2D eigenvalue weighted by atomic mass is 9.91. The van der Waals surface area contributed by atoms with E-state index < -0.39 is 56.6 Å². The Balaban J connectivity index is 2.11. The number of hydrogen-bond acceptors (Lipinski definition) is 7. The predicted molar refractivity (Wildman–Crippen MR) is 69.1 cm³/mol. The SMILES string of the molecule is CC1=CC([C@@H]2O[C@H](COP(=O)(O)O)[C@@H](O)[C@H]2O)C(=O)NC1=O. The van der Waals surface area contributed by atoms with E-state index in [9.17, 15) is 24.4 Å². The standard InChI is InChI=1S/C11H16NO9P/c1-4-2-5(11(16)12-10(4)15)9-8(14)7(13)6(21-9)3-20-22(17,18)19/h2,5-9,13-14H,3H2,1H3,(H,12,15,16)(H2,17,18,19)/t5?,6-,7-,8-,9+/m1/s1. The maximum Gasteiger partial charge on any atom is 0.469 e. The Bertz CT molecular complexity index is 556. The number of aliphatic hydroxyl groups is 2. The number of nitrogens with one attached hydrogen (secondary N) is 1. The van der Waals surface area contributed by atoms with Crippen LogP contribution in [0.2, 0.25) is 0 Å². The highest BCUT2D eigenvalue weighted by atomic mass is 31.2. The van der Waals surface area contributed by atoms with E-state index in [4.69, 9.17) is 14.5 Å². The summed E-state index contributed by atoms with van der Waals surface area (Å²) in [6.45, 7) is 0.815. The average Bonchev–Trinajstić information content (AvgIpc) is 2.68. The summed E-state index contributed by atoms with van der Waals surface area (Å²) in [5.41, 5.74) is 0.254. The van der Waals surface area contributed by atoms with Crippen LogP contribution in [0, 0.1) is 5.92 Å². The summed E-state index contributed by atoms with van der Waals surface area (Å²) in [6, 6.07) is 0. The first kappa shape index (κ1) is 17.2. The molecule has 22 heavy (non-hydrogen) atoms. The second-order valence-corrected chi connectivity index (χ2v) is 6.34. The lowest BCUT2D eigenvalue weighted by Crippen LogP contribution is -2.47. The Morgan fingerprint density at radius 3 is 2.55 bits per heavy atom. The monoisotopic (exact) mass is 337 g/mol. The molecule has 5 atom stereocenters. The number of aliphatic hydroxyl groups excluding tert-OH is 2. The molecule has 11 heteroatoms. The van der Waals surface area contributed by atoms with Gasteiger partial charge in [0, 0.05) is 5.57 Å². The summed E-state index contributed by atoms with van der Waals surface area (Å²) in [6.07, 6.45) is -4.03. The van der Waals surface area contributed by atoms with E-state index in [1.54, 1.807) is 0 Å². The number of hydrogen-bond donors (Lipinski definition) is 5. The van der Waals surface area contributed by atoms with Crippen molar-refractivity contribution in [1.29, 1.82) is 0 Å². The van der Waals surface area contributed by atoms with Gasteiger partial charge in [0.15, 0.2) is 0 Å². The van der Waals surface area contributed by atoms with Gasteiger partial charge in [0.2, 0.25) is 5.91 Å². The van der Waals surface area contributed by atoms with Crippen molar-refractivity contribution in [2.75, 3.05) is 6.61 Å². The van der Waals surface area contributed by atoms with Crippen LogP contribution in [0.15, 0.2) is 11.6 Å². The minimum Gasteiger partial charge on any atom is -0.388 e. The van der Waals surface area contributed by atoms with E-state index >= 15 is 0 Å². The molecule has 0 aromatic carbocycles. The van der Waals surface area contributed by atoms with E-state index in [0.717, 1.165) is 0 Å². The van der Waals surface area contributed by atoms with Gasteiger partial charge in [-0.3, -0.25) is 19.4 Å². The fourth-order valence-electron chi connectivity index (χ4n) is 2.34. The van der Waals surface area contributed by atoms with Gasteiger partial charge in [0.25, 0.3) is 5.91 Å². The maximum absolute atomic E-state index is 11.8. The maximum atomic E-state index is 11.8. The zero-order valence-electron chi connectivity index (χ0n) is 11.4. The van der Waals surface area contributed by atoms with Crippen LogP contribution in [0.5, 0.6) is 0 Å². The molecule has 2 aliphatic heterocycles. The number of rotatable bonds is 4. The van der Waals surface area contributed by atoms with E-state index in [1.807, 2.05) is 0 Å². The molecule has 2 heterocycles. The second-order valence-electron chi connectivity index (χ2n) is 5.10. The molecule has 0 radical (unpaired) electrons. The van der Waals surface area contributed by atoms with Crippen molar-refractivity contribution in [3.8, 4) is 0 Å². The fourth-order valence-corrected chi connectivity index (χ4v) is 2.68. The van der Waals surface area contributed by atoms with Crippen molar-refractivity contribution < 1.29 is 43.4 Å². The third-order valence-electron chi connectivity index (χ3n) is 3.49. The molecule has 124 valence electrons. The van der Waals surface area contributed by atoms with Gasteiger partial charge in [-0.05, 0) is 6.92 Å². The minimum atomic E-state index is -4.76. The van der Waals surface area contributed by atoms with Gasteiger partial charge in [0.1, 0.15) is 24.4 Å². The molecule has 0 aliphatic carbocycles. The number of phosphoric ester groups is 1. The largest absolute Gasteiger partial charge is 0.469 e. The number of carbonyl (C=O) groups is 2. The molecule has 0 aromatic rings. The zero-order chi connectivity index (χ0) is 16.7. The minimum absolute atomic E-state index is 0.254. The molecular weight excluding hydrogens is 321 g/mol. The van der Waals surface area contributed by atoms with Crippen molar-refractivity contribution in [2.24, 2.45) is 5.92 Å². The quantitative estimate of drug-likeness (QED) is 0.283. The molecule has 0 aromatic heterocycles. The van der Waals surface area contributed by atoms with Gasteiger partial charge in [-0.1, -0.05) is 6.08 Å². The van der Waals surface area contributed by atoms with Gasteiger partial charge >= 0.3 is 7.82 Å². The summed E-state index contributed by atoms with van der Waals surface area (Å²) < 4.78 is 20.2. The Morgan fingerprint density at radius 1 is 1.32 bits per heavy atom. The molecule has 1 fully saturated rings. The molecule has 10 nitrogen and oxygen atoms in total. The average molecular weight is 337 g/mol. The molecule has 0 spiro atoms. The van der Waals surface area contributed by atoms with Crippen LogP contribution >= 0.6 is 7.82 Å². The van der Waals surface area contributed by atoms with Crippen LogP contribution in [0.3, 0.4) is 0 Å². The first-order valence-electron chi connectivity index (χ1n) is 6.35. The lowest BCUT2D eigenvalue weighted by Gasteiger charge is -2.25. The van der Waals surface area contributed by atoms with Crippen LogP contribution in [0.25, 0.3) is 0 Å². The molecule has 0 bridgehead atoms. The Labute approximate surface area is 125 Å². The molecule has 1 unspecified atom stereocenters. The van der Waals surface area contributed by atoms with E-state index in [-0.39, 0.29) is 5.57 Å². The Kier molecular flexibility index (Phi) is 4.83. The van der Waals surface area contributed by atoms with Crippen LogP contribution in [-0.4, -0.2) is 62.8 Å². The van der Waals surface area contributed by atoms with Gasteiger partial charge in [-0.2, -0.15) is 0 Å². The summed E-state index contributed by atoms with van der Waals surface area (Å²) in [4.78, 5) is 40.4. The zero-order valence-corrected chi connectivity index (χ0v) is 12.3. The number of phosphoric acid groups is 1. The van der Waals surface area contributed by atoms with E-state index in [2.05, 4.69) is 9.84 Å². The highest BCUT2D eigenvalue weighted by molar-refractivity contribution is 7.46. The van der Waals surface area contributed by atoms with Crippen LogP contribution in [-0.2, 0) is 23.4 Å². The smallest absolute Gasteiger partial charge is 0.388 e. The number of imide groups is 1. The number of ether oxygens (including phenoxy) is 1. The van der Waals surface area contributed by atoms with E-state index in [0.29, 0.717) is 0 Å². The van der Waals surface area contributed by atoms with Crippen LogP contribution in [0.1, 0.15) is 6.92 Å². The molecule has 2 rings (SSSR count). The molecule has 5 N–H and O–H groups in total. The van der Waals surface area contributed by atoms with Crippen molar-refractivity contribution in [3.05, 3.63) is 11.6 Å². The van der Waals surface area contributed by atoms with Crippen LogP contribution < -0.4 is 5.32 Å². The molecule has 0 saturated carbocycles. The first-order valence-corrected chi connectivity index (χ1v) is 7.88. The summed E-state index contributed by atoms with van der Waals surface area (Å²) in [5.74, 6) is -2.26. The number of carbonyl (C=O) groups excluding carboxylic acids is 2. The van der Waals surface area contributed by atoms with Crippen LogP contribution in [0.4, 0.5) is 0 Å².